The molecule has 0 fully saturated rings. The van der Waals surface area contributed by atoms with Gasteiger partial charge in [0.25, 0.3) is 0 Å². The van der Waals surface area contributed by atoms with Gasteiger partial charge in [-0.2, -0.15) is 0 Å². The van der Waals surface area contributed by atoms with Gasteiger partial charge in [-0.25, -0.2) is 4.39 Å². The molecule has 0 saturated heterocycles. The van der Waals surface area contributed by atoms with Crippen LogP contribution in [0, 0.1) is 5.82 Å². The second kappa shape index (κ2) is 5.86. The highest BCUT2D eigenvalue weighted by Gasteiger charge is 2.18. The van der Waals surface area contributed by atoms with Crippen molar-refractivity contribution < 1.29 is 4.39 Å². The molecule has 0 aliphatic carbocycles. The van der Waals surface area contributed by atoms with Gasteiger partial charge in [-0.05, 0) is 54.7 Å². The third-order valence-electron chi connectivity index (χ3n) is 4.17. The van der Waals surface area contributed by atoms with Crippen molar-refractivity contribution in [2.24, 2.45) is 5.73 Å². The average molecular weight is 284 g/mol. The lowest BCUT2D eigenvalue weighted by Gasteiger charge is -2.27. The van der Waals surface area contributed by atoms with Crippen LogP contribution in [0.2, 0.25) is 0 Å². The van der Waals surface area contributed by atoms with Crippen molar-refractivity contribution in [3.8, 4) is 0 Å². The minimum atomic E-state index is -0.221. The van der Waals surface area contributed by atoms with Crippen molar-refractivity contribution >= 4 is 5.69 Å². The van der Waals surface area contributed by atoms with E-state index in [9.17, 15) is 4.39 Å². The highest BCUT2D eigenvalue weighted by molar-refractivity contribution is 5.56. The molecule has 0 saturated carbocycles. The van der Waals surface area contributed by atoms with Crippen LogP contribution in [0.5, 0.6) is 0 Å². The summed E-state index contributed by atoms with van der Waals surface area (Å²) in [6.45, 7) is 3.74. The first-order chi connectivity index (χ1) is 10.1. The Balaban J connectivity index is 1.98. The molecular weight excluding hydrogens is 263 g/mol. The van der Waals surface area contributed by atoms with Gasteiger partial charge in [0.15, 0.2) is 0 Å². The monoisotopic (exact) mass is 284 g/mol. The van der Waals surface area contributed by atoms with Gasteiger partial charge in [-0.15, -0.1) is 0 Å². The number of aryl methyl sites for hydroxylation is 1. The molecule has 1 aliphatic heterocycles. The Morgan fingerprint density at radius 3 is 2.67 bits per heavy atom. The highest BCUT2D eigenvalue weighted by Crippen LogP contribution is 2.30. The molecule has 2 aromatic rings. The lowest BCUT2D eigenvalue weighted by atomic mass is 10.0. The Kier molecular flexibility index (Phi) is 3.93. The van der Waals surface area contributed by atoms with E-state index in [1.807, 2.05) is 13.0 Å². The Hall–Kier alpha value is -1.87. The minimum Gasteiger partial charge on any atom is -0.367 e. The molecule has 0 aromatic heterocycles. The smallest absolute Gasteiger partial charge is 0.123 e. The Bertz CT molecular complexity index is 637. The van der Waals surface area contributed by atoms with Gasteiger partial charge >= 0.3 is 0 Å². The van der Waals surface area contributed by atoms with Crippen LogP contribution < -0.4 is 10.6 Å². The standard InChI is InChI=1S/C18H21FN2/c1-13(20)17-11-16(19)8-9-18(17)21-10-4-7-14-5-2-3-6-15(14)12-21/h2-3,5-6,8-9,11,13H,4,7,10,12,20H2,1H3/t13-/m1/s1. The number of nitrogens with zero attached hydrogens (tertiary/aromatic N) is 1. The molecule has 0 unspecified atom stereocenters. The summed E-state index contributed by atoms with van der Waals surface area (Å²) in [6.07, 6.45) is 2.20. The van der Waals surface area contributed by atoms with Gasteiger partial charge in [0.1, 0.15) is 5.82 Å². The predicted molar refractivity (Wildman–Crippen MR) is 84.8 cm³/mol. The second-order valence-corrected chi connectivity index (χ2v) is 5.79. The Labute approximate surface area is 125 Å². The number of benzene rings is 2. The maximum Gasteiger partial charge on any atom is 0.123 e. The molecule has 0 bridgehead atoms. The summed E-state index contributed by atoms with van der Waals surface area (Å²) < 4.78 is 13.5. The Morgan fingerprint density at radius 2 is 1.90 bits per heavy atom. The molecule has 3 heteroatoms. The summed E-state index contributed by atoms with van der Waals surface area (Å²) in [6, 6.07) is 13.4. The first-order valence-corrected chi connectivity index (χ1v) is 7.52. The van der Waals surface area contributed by atoms with E-state index in [1.54, 1.807) is 6.07 Å². The number of halogens is 1. The highest BCUT2D eigenvalue weighted by atomic mass is 19.1. The van der Waals surface area contributed by atoms with Gasteiger partial charge in [0, 0.05) is 24.8 Å². The number of anilines is 1. The van der Waals surface area contributed by atoms with Gasteiger partial charge < -0.3 is 10.6 Å². The molecule has 3 rings (SSSR count). The second-order valence-electron chi connectivity index (χ2n) is 5.79. The molecule has 1 atom stereocenters. The quantitative estimate of drug-likeness (QED) is 0.909. The van der Waals surface area contributed by atoms with Gasteiger partial charge in [-0.3, -0.25) is 0 Å². The molecule has 1 aliphatic rings. The van der Waals surface area contributed by atoms with Gasteiger partial charge in [0.2, 0.25) is 0 Å². The van der Waals surface area contributed by atoms with Crippen LogP contribution in [0.4, 0.5) is 10.1 Å². The zero-order chi connectivity index (χ0) is 14.8. The van der Waals surface area contributed by atoms with Gasteiger partial charge in [0.05, 0.1) is 0 Å². The van der Waals surface area contributed by atoms with Crippen LogP contribution in [-0.2, 0) is 13.0 Å². The lowest BCUT2D eigenvalue weighted by molar-refractivity contribution is 0.621. The fourth-order valence-electron chi connectivity index (χ4n) is 3.08. The Morgan fingerprint density at radius 1 is 1.14 bits per heavy atom. The summed E-state index contributed by atoms with van der Waals surface area (Å²) in [4.78, 5) is 2.32. The molecule has 2 aromatic carbocycles. The van der Waals surface area contributed by atoms with Crippen LogP contribution in [0.25, 0.3) is 0 Å². The molecule has 0 spiro atoms. The SMILES string of the molecule is C[C@@H](N)c1cc(F)ccc1N1CCCc2ccccc2C1. The molecule has 21 heavy (non-hydrogen) atoms. The maximum atomic E-state index is 13.5. The van der Waals surface area contributed by atoms with Crippen LogP contribution >= 0.6 is 0 Å². The van der Waals surface area contributed by atoms with Crippen LogP contribution in [0.3, 0.4) is 0 Å². The zero-order valence-corrected chi connectivity index (χ0v) is 12.3. The fraction of sp³-hybridized carbons (Fsp3) is 0.333. The van der Waals surface area contributed by atoms with E-state index in [1.165, 1.54) is 17.2 Å². The van der Waals surface area contributed by atoms with Crippen molar-refractivity contribution in [1.82, 2.24) is 0 Å². The van der Waals surface area contributed by atoms with E-state index in [4.69, 9.17) is 5.73 Å². The van der Waals surface area contributed by atoms with Crippen LogP contribution in [0.1, 0.15) is 36.1 Å². The summed E-state index contributed by atoms with van der Waals surface area (Å²) in [7, 11) is 0. The van der Waals surface area contributed by atoms with Crippen molar-refractivity contribution in [3.63, 3.8) is 0 Å². The number of hydrogen-bond donors (Lipinski definition) is 1. The van der Waals surface area contributed by atoms with E-state index in [0.29, 0.717) is 0 Å². The zero-order valence-electron chi connectivity index (χ0n) is 12.3. The van der Waals surface area contributed by atoms with Crippen molar-refractivity contribution in [3.05, 3.63) is 65.0 Å². The molecule has 2 nitrogen and oxygen atoms in total. The van der Waals surface area contributed by atoms with E-state index >= 15 is 0 Å². The summed E-state index contributed by atoms with van der Waals surface area (Å²) in [5, 5.41) is 0. The third-order valence-corrected chi connectivity index (χ3v) is 4.17. The first kappa shape index (κ1) is 14.1. The largest absolute Gasteiger partial charge is 0.367 e. The maximum absolute atomic E-state index is 13.5. The summed E-state index contributed by atoms with van der Waals surface area (Å²) >= 11 is 0. The molecule has 0 radical (unpaired) electrons. The van der Waals surface area contributed by atoms with Crippen LogP contribution in [-0.4, -0.2) is 6.54 Å². The van der Waals surface area contributed by atoms with Crippen molar-refractivity contribution in [2.45, 2.75) is 32.4 Å². The van der Waals surface area contributed by atoms with Crippen LogP contribution in [0.15, 0.2) is 42.5 Å². The van der Waals surface area contributed by atoms with E-state index < -0.39 is 0 Å². The topological polar surface area (TPSA) is 29.3 Å². The van der Waals surface area contributed by atoms with Crippen molar-refractivity contribution in [1.29, 1.82) is 0 Å². The number of hydrogen-bond acceptors (Lipinski definition) is 2. The molecular formula is C18H21FN2. The lowest BCUT2D eigenvalue weighted by Crippen LogP contribution is -2.25. The average Bonchev–Trinajstić information content (AvgIpc) is 2.69. The molecule has 110 valence electrons. The summed E-state index contributed by atoms with van der Waals surface area (Å²) in [5.74, 6) is -0.221. The number of nitrogens with two attached hydrogens (primary N) is 1. The van der Waals surface area contributed by atoms with Gasteiger partial charge in [-0.1, -0.05) is 24.3 Å². The van der Waals surface area contributed by atoms with E-state index in [-0.39, 0.29) is 11.9 Å². The predicted octanol–water partition coefficient (Wildman–Crippen LogP) is 3.80. The normalized spacial score (nSPS) is 16.2. The van der Waals surface area contributed by atoms with E-state index in [2.05, 4.69) is 29.2 Å². The van der Waals surface area contributed by atoms with E-state index in [0.717, 1.165) is 37.2 Å². The third kappa shape index (κ3) is 2.93. The number of fused-ring (bicyclic) bond motifs is 1. The molecule has 0 amide bonds. The first-order valence-electron chi connectivity index (χ1n) is 7.52. The van der Waals surface area contributed by atoms with Crippen molar-refractivity contribution in [2.75, 3.05) is 11.4 Å². The summed E-state index contributed by atoms with van der Waals surface area (Å²) in [5.41, 5.74) is 10.7. The number of rotatable bonds is 2. The fourth-order valence-corrected chi connectivity index (χ4v) is 3.08. The molecule has 1 heterocycles. The minimum absolute atomic E-state index is 0.172. The molecule has 2 N–H and O–H groups in total.